The molecule has 0 aromatic carbocycles. The van der Waals surface area contributed by atoms with E-state index < -0.39 is 5.97 Å². The molecule has 1 saturated heterocycles. The molecule has 0 unspecified atom stereocenters. The second-order valence-electron chi connectivity index (χ2n) is 3.42. The molecule has 3 nitrogen and oxygen atoms in total. The highest BCUT2D eigenvalue weighted by molar-refractivity contribution is 5.86. The van der Waals surface area contributed by atoms with Crippen LogP contribution in [0.15, 0.2) is 11.3 Å². The molecule has 13 heavy (non-hydrogen) atoms. The summed E-state index contributed by atoms with van der Waals surface area (Å²) in [5, 5.41) is 8.86. The van der Waals surface area contributed by atoms with Gasteiger partial charge in [-0.3, -0.25) is 0 Å². The summed E-state index contributed by atoms with van der Waals surface area (Å²) in [6, 6.07) is 0. The van der Waals surface area contributed by atoms with Crippen molar-refractivity contribution in [3.8, 4) is 0 Å². The summed E-state index contributed by atoms with van der Waals surface area (Å²) in [5.41, 5.74) is 1.51. The van der Waals surface area contributed by atoms with Gasteiger partial charge in [0.25, 0.3) is 0 Å². The maximum atomic E-state index is 10.8. The van der Waals surface area contributed by atoms with Crippen molar-refractivity contribution in [1.29, 1.82) is 0 Å². The Kier molecular flexibility index (Phi) is 3.34. The van der Waals surface area contributed by atoms with Crippen LogP contribution in [0.5, 0.6) is 0 Å². The molecule has 0 saturated carbocycles. The molecule has 0 bridgehead atoms. The van der Waals surface area contributed by atoms with Crippen LogP contribution in [0.3, 0.4) is 0 Å². The highest BCUT2D eigenvalue weighted by Gasteiger charge is 2.17. The monoisotopic (exact) mass is 183 g/mol. The maximum Gasteiger partial charge on any atom is 0.333 e. The number of likely N-dealkylation sites (tertiary alicyclic amines) is 1. The molecule has 0 aliphatic carbocycles. The van der Waals surface area contributed by atoms with E-state index in [1.807, 2.05) is 6.92 Å². The SMILES string of the molecule is CC/C(=C(/C)C(=O)O)N1CCCC1. The van der Waals surface area contributed by atoms with Gasteiger partial charge in [-0.1, -0.05) is 6.92 Å². The minimum Gasteiger partial charge on any atom is -0.478 e. The minimum atomic E-state index is -0.788. The van der Waals surface area contributed by atoms with Crippen molar-refractivity contribution in [3.63, 3.8) is 0 Å². The van der Waals surface area contributed by atoms with E-state index in [9.17, 15) is 4.79 Å². The number of allylic oxidation sites excluding steroid dienone is 1. The Morgan fingerprint density at radius 1 is 1.38 bits per heavy atom. The van der Waals surface area contributed by atoms with Gasteiger partial charge in [-0.05, 0) is 26.2 Å². The zero-order valence-corrected chi connectivity index (χ0v) is 8.34. The van der Waals surface area contributed by atoms with Gasteiger partial charge in [0.15, 0.2) is 0 Å². The van der Waals surface area contributed by atoms with Gasteiger partial charge in [-0.15, -0.1) is 0 Å². The van der Waals surface area contributed by atoms with Gasteiger partial charge in [-0.2, -0.15) is 0 Å². The summed E-state index contributed by atoms with van der Waals surface area (Å²) in [5.74, 6) is -0.788. The quantitative estimate of drug-likeness (QED) is 0.679. The first-order valence-electron chi connectivity index (χ1n) is 4.84. The Morgan fingerprint density at radius 3 is 2.31 bits per heavy atom. The lowest BCUT2D eigenvalue weighted by atomic mass is 10.2. The molecule has 0 atom stereocenters. The van der Waals surface area contributed by atoms with Crippen molar-refractivity contribution in [2.75, 3.05) is 13.1 Å². The average molecular weight is 183 g/mol. The third kappa shape index (κ3) is 2.23. The summed E-state index contributed by atoms with van der Waals surface area (Å²) in [4.78, 5) is 13.0. The molecular formula is C10H17NO2. The van der Waals surface area contributed by atoms with Crippen molar-refractivity contribution in [2.45, 2.75) is 33.1 Å². The highest BCUT2D eigenvalue weighted by Crippen LogP contribution is 2.20. The smallest absolute Gasteiger partial charge is 0.333 e. The van der Waals surface area contributed by atoms with Crippen LogP contribution in [-0.2, 0) is 4.79 Å². The van der Waals surface area contributed by atoms with E-state index in [4.69, 9.17) is 5.11 Å². The van der Waals surface area contributed by atoms with Gasteiger partial charge >= 0.3 is 5.97 Å². The van der Waals surface area contributed by atoms with E-state index in [0.29, 0.717) is 5.57 Å². The van der Waals surface area contributed by atoms with E-state index in [0.717, 1.165) is 25.2 Å². The second kappa shape index (κ2) is 4.30. The molecule has 0 spiro atoms. The van der Waals surface area contributed by atoms with Crippen LogP contribution in [-0.4, -0.2) is 29.1 Å². The van der Waals surface area contributed by atoms with Gasteiger partial charge < -0.3 is 10.0 Å². The molecule has 3 heteroatoms. The van der Waals surface area contributed by atoms with Crippen molar-refractivity contribution >= 4 is 5.97 Å². The summed E-state index contributed by atoms with van der Waals surface area (Å²) in [6.07, 6.45) is 3.20. The second-order valence-corrected chi connectivity index (χ2v) is 3.42. The van der Waals surface area contributed by atoms with E-state index in [1.165, 1.54) is 12.8 Å². The molecule has 1 heterocycles. The summed E-state index contributed by atoms with van der Waals surface area (Å²) in [6.45, 7) is 5.75. The number of aliphatic carboxylic acids is 1. The summed E-state index contributed by atoms with van der Waals surface area (Å²) < 4.78 is 0. The van der Waals surface area contributed by atoms with E-state index >= 15 is 0 Å². The lowest BCUT2D eigenvalue weighted by Gasteiger charge is -2.21. The average Bonchev–Trinajstić information content (AvgIpc) is 2.58. The number of hydrogen-bond donors (Lipinski definition) is 1. The van der Waals surface area contributed by atoms with Crippen molar-refractivity contribution in [3.05, 3.63) is 11.3 Å². The van der Waals surface area contributed by atoms with Crippen LogP contribution in [0, 0.1) is 0 Å². The predicted molar refractivity (Wildman–Crippen MR) is 51.4 cm³/mol. The molecule has 1 aliphatic rings. The number of carboxylic acid groups (broad SMARTS) is 1. The standard InChI is InChI=1S/C10H17NO2/c1-3-9(8(2)10(12)13)11-6-4-5-7-11/h3-7H2,1-2H3,(H,12,13)/b9-8+. The Hall–Kier alpha value is -0.990. The molecule has 0 radical (unpaired) electrons. The molecule has 1 aliphatic heterocycles. The van der Waals surface area contributed by atoms with Crippen LogP contribution >= 0.6 is 0 Å². The van der Waals surface area contributed by atoms with E-state index in [-0.39, 0.29) is 0 Å². The third-order valence-electron chi connectivity index (χ3n) is 2.58. The first-order valence-corrected chi connectivity index (χ1v) is 4.84. The maximum absolute atomic E-state index is 10.8. The summed E-state index contributed by atoms with van der Waals surface area (Å²) >= 11 is 0. The molecule has 0 aromatic rings. The van der Waals surface area contributed by atoms with Crippen LogP contribution in [0.4, 0.5) is 0 Å². The number of rotatable bonds is 3. The highest BCUT2D eigenvalue weighted by atomic mass is 16.4. The first-order chi connectivity index (χ1) is 6.16. The number of nitrogens with zero attached hydrogens (tertiary/aromatic N) is 1. The fourth-order valence-electron chi connectivity index (χ4n) is 1.84. The van der Waals surface area contributed by atoms with Crippen molar-refractivity contribution < 1.29 is 9.90 Å². The predicted octanol–water partition coefficient (Wildman–Crippen LogP) is 1.85. The van der Waals surface area contributed by atoms with Crippen LogP contribution in [0.1, 0.15) is 33.1 Å². The largest absolute Gasteiger partial charge is 0.478 e. The lowest BCUT2D eigenvalue weighted by Crippen LogP contribution is -2.21. The number of carbonyl (C=O) groups is 1. The molecular weight excluding hydrogens is 166 g/mol. The first kappa shape index (κ1) is 10.1. The molecule has 0 amide bonds. The van der Waals surface area contributed by atoms with Gasteiger partial charge in [0, 0.05) is 18.8 Å². The van der Waals surface area contributed by atoms with Gasteiger partial charge in [0.1, 0.15) is 0 Å². The van der Waals surface area contributed by atoms with Gasteiger partial charge in [0.05, 0.1) is 5.57 Å². The minimum absolute atomic E-state index is 0.504. The zero-order valence-electron chi connectivity index (χ0n) is 8.34. The fraction of sp³-hybridized carbons (Fsp3) is 0.700. The Bertz CT molecular complexity index is 227. The Labute approximate surface area is 79.0 Å². The molecule has 1 rings (SSSR count). The fourth-order valence-corrected chi connectivity index (χ4v) is 1.84. The van der Waals surface area contributed by atoms with E-state index in [1.54, 1.807) is 6.92 Å². The number of hydrogen-bond acceptors (Lipinski definition) is 2. The Balaban J connectivity index is 2.81. The molecule has 0 aromatic heterocycles. The normalized spacial score (nSPS) is 18.8. The van der Waals surface area contributed by atoms with Crippen LogP contribution in [0.2, 0.25) is 0 Å². The number of carboxylic acids is 1. The molecule has 1 N–H and O–H groups in total. The zero-order chi connectivity index (χ0) is 9.84. The molecule has 74 valence electrons. The van der Waals surface area contributed by atoms with Gasteiger partial charge in [0.2, 0.25) is 0 Å². The van der Waals surface area contributed by atoms with Gasteiger partial charge in [-0.25, -0.2) is 4.79 Å². The lowest BCUT2D eigenvalue weighted by molar-refractivity contribution is -0.132. The summed E-state index contributed by atoms with van der Waals surface area (Å²) in [7, 11) is 0. The topological polar surface area (TPSA) is 40.5 Å². The Morgan fingerprint density at radius 2 is 1.92 bits per heavy atom. The van der Waals surface area contributed by atoms with E-state index in [2.05, 4.69) is 4.90 Å². The molecule has 1 fully saturated rings. The van der Waals surface area contributed by atoms with Crippen LogP contribution in [0.25, 0.3) is 0 Å². The van der Waals surface area contributed by atoms with Crippen molar-refractivity contribution in [1.82, 2.24) is 4.90 Å². The van der Waals surface area contributed by atoms with Crippen LogP contribution < -0.4 is 0 Å². The third-order valence-corrected chi connectivity index (χ3v) is 2.58. The van der Waals surface area contributed by atoms with Crippen molar-refractivity contribution in [2.24, 2.45) is 0 Å².